The van der Waals surface area contributed by atoms with E-state index in [0.717, 1.165) is 37.7 Å². The van der Waals surface area contributed by atoms with E-state index < -0.39 is 0 Å². The number of nitrogens with two attached hydrogens (primary N) is 2. The Labute approximate surface area is 95.3 Å². The summed E-state index contributed by atoms with van der Waals surface area (Å²) in [5.41, 5.74) is 12.0. The average Bonchev–Trinajstić information content (AvgIpc) is 2.29. The fraction of sp³-hybridized carbons (Fsp3) is 0.600. The topological polar surface area (TPSA) is 84.3 Å². The average molecular weight is 222 g/mol. The maximum atomic E-state index is 5.65. The van der Waals surface area contributed by atoms with Gasteiger partial charge in [-0.05, 0) is 7.05 Å². The van der Waals surface area contributed by atoms with Crippen LogP contribution in [0.25, 0.3) is 0 Å². The standard InChI is InChI=1S/C10H18N6/c1-15-2-4-16(5-3-15)9-6-8(7-11)13-10(12)14-9/h6H,2-5,7,11H2,1H3,(H2,12,13,14). The van der Waals surface area contributed by atoms with Gasteiger partial charge in [0.2, 0.25) is 5.95 Å². The largest absolute Gasteiger partial charge is 0.368 e. The molecule has 2 rings (SSSR count). The molecule has 1 aromatic rings. The second-order valence-electron chi connectivity index (χ2n) is 4.07. The summed E-state index contributed by atoms with van der Waals surface area (Å²) in [6.45, 7) is 4.42. The maximum Gasteiger partial charge on any atom is 0.222 e. The fourth-order valence-electron chi connectivity index (χ4n) is 1.81. The third kappa shape index (κ3) is 2.40. The molecule has 0 aromatic carbocycles. The predicted octanol–water partition coefficient (Wildman–Crippen LogP) is -0.731. The van der Waals surface area contributed by atoms with Gasteiger partial charge >= 0.3 is 0 Å². The van der Waals surface area contributed by atoms with Gasteiger partial charge in [0.1, 0.15) is 5.82 Å². The number of likely N-dealkylation sites (N-methyl/N-ethyl adjacent to an activating group) is 1. The van der Waals surface area contributed by atoms with E-state index in [9.17, 15) is 0 Å². The van der Waals surface area contributed by atoms with E-state index in [1.807, 2.05) is 6.07 Å². The Morgan fingerprint density at radius 1 is 1.25 bits per heavy atom. The molecule has 88 valence electrons. The van der Waals surface area contributed by atoms with E-state index in [1.54, 1.807) is 0 Å². The van der Waals surface area contributed by atoms with Crippen LogP contribution in [0.1, 0.15) is 5.69 Å². The van der Waals surface area contributed by atoms with Crippen LogP contribution in [0.2, 0.25) is 0 Å². The van der Waals surface area contributed by atoms with Crippen molar-refractivity contribution in [2.45, 2.75) is 6.54 Å². The summed E-state index contributed by atoms with van der Waals surface area (Å²) in [7, 11) is 2.12. The summed E-state index contributed by atoms with van der Waals surface area (Å²) in [6.07, 6.45) is 0. The predicted molar refractivity (Wildman–Crippen MR) is 64.0 cm³/mol. The molecule has 0 atom stereocenters. The minimum absolute atomic E-state index is 0.303. The van der Waals surface area contributed by atoms with Crippen LogP contribution < -0.4 is 16.4 Å². The van der Waals surface area contributed by atoms with Gasteiger partial charge in [-0.3, -0.25) is 0 Å². The first-order chi connectivity index (χ1) is 7.69. The molecule has 1 aromatic heterocycles. The molecule has 0 amide bonds. The summed E-state index contributed by atoms with van der Waals surface area (Å²) in [5, 5.41) is 0. The third-order valence-electron chi connectivity index (χ3n) is 2.82. The van der Waals surface area contributed by atoms with Gasteiger partial charge in [-0.25, -0.2) is 4.98 Å². The van der Waals surface area contributed by atoms with Crippen molar-refractivity contribution in [1.82, 2.24) is 14.9 Å². The number of nitrogen functional groups attached to an aromatic ring is 1. The second kappa shape index (κ2) is 4.63. The van der Waals surface area contributed by atoms with Crippen LogP contribution in [0.15, 0.2) is 6.07 Å². The van der Waals surface area contributed by atoms with E-state index in [1.165, 1.54) is 0 Å². The molecular weight excluding hydrogens is 204 g/mol. The number of aromatic nitrogens is 2. The molecule has 1 fully saturated rings. The van der Waals surface area contributed by atoms with Crippen molar-refractivity contribution < 1.29 is 0 Å². The molecule has 1 saturated heterocycles. The Hall–Kier alpha value is -1.40. The molecule has 0 saturated carbocycles. The Morgan fingerprint density at radius 3 is 2.56 bits per heavy atom. The van der Waals surface area contributed by atoms with Gasteiger partial charge in [-0.15, -0.1) is 0 Å². The van der Waals surface area contributed by atoms with Crippen LogP contribution in [-0.2, 0) is 6.54 Å². The van der Waals surface area contributed by atoms with Crippen LogP contribution in [-0.4, -0.2) is 48.1 Å². The van der Waals surface area contributed by atoms with Gasteiger partial charge in [0.25, 0.3) is 0 Å². The smallest absolute Gasteiger partial charge is 0.222 e. The molecule has 0 spiro atoms. The number of rotatable bonds is 2. The summed E-state index contributed by atoms with van der Waals surface area (Å²) in [5.74, 6) is 1.19. The minimum atomic E-state index is 0.303. The summed E-state index contributed by atoms with van der Waals surface area (Å²) >= 11 is 0. The fourth-order valence-corrected chi connectivity index (χ4v) is 1.81. The summed E-state index contributed by atoms with van der Waals surface area (Å²) in [6, 6.07) is 1.92. The molecule has 4 N–H and O–H groups in total. The quantitative estimate of drug-likeness (QED) is 0.686. The molecular formula is C10H18N6. The number of hydrogen-bond donors (Lipinski definition) is 2. The first-order valence-corrected chi connectivity index (χ1v) is 5.46. The zero-order chi connectivity index (χ0) is 11.5. The van der Waals surface area contributed by atoms with E-state index >= 15 is 0 Å². The molecule has 6 nitrogen and oxygen atoms in total. The van der Waals surface area contributed by atoms with Gasteiger partial charge in [0.15, 0.2) is 0 Å². The van der Waals surface area contributed by atoms with Gasteiger partial charge in [0.05, 0.1) is 5.69 Å². The Kier molecular flexibility index (Phi) is 3.21. The SMILES string of the molecule is CN1CCN(c2cc(CN)nc(N)n2)CC1. The van der Waals surface area contributed by atoms with Crippen LogP contribution in [0, 0.1) is 0 Å². The molecule has 0 aliphatic carbocycles. The van der Waals surface area contributed by atoms with Gasteiger partial charge in [-0.2, -0.15) is 4.98 Å². The van der Waals surface area contributed by atoms with E-state index in [2.05, 4.69) is 26.8 Å². The first kappa shape index (κ1) is 11.1. The Balaban J connectivity index is 2.16. The molecule has 1 aliphatic rings. The Bertz CT molecular complexity index is 358. The molecule has 6 heteroatoms. The Morgan fingerprint density at radius 2 is 1.94 bits per heavy atom. The van der Waals surface area contributed by atoms with Crippen LogP contribution in [0.5, 0.6) is 0 Å². The normalized spacial score (nSPS) is 17.8. The van der Waals surface area contributed by atoms with Crippen molar-refractivity contribution in [2.24, 2.45) is 5.73 Å². The lowest BCUT2D eigenvalue weighted by molar-refractivity contribution is 0.312. The van der Waals surface area contributed by atoms with E-state index in [-0.39, 0.29) is 0 Å². The third-order valence-corrected chi connectivity index (χ3v) is 2.82. The monoisotopic (exact) mass is 222 g/mol. The molecule has 0 radical (unpaired) electrons. The maximum absolute atomic E-state index is 5.65. The number of piperazine rings is 1. The molecule has 0 unspecified atom stereocenters. The summed E-state index contributed by atoms with van der Waals surface area (Å²) in [4.78, 5) is 12.8. The zero-order valence-electron chi connectivity index (χ0n) is 9.56. The van der Waals surface area contributed by atoms with Crippen molar-refractivity contribution >= 4 is 11.8 Å². The highest BCUT2D eigenvalue weighted by Crippen LogP contribution is 2.15. The minimum Gasteiger partial charge on any atom is -0.368 e. The van der Waals surface area contributed by atoms with Gasteiger partial charge < -0.3 is 21.3 Å². The number of anilines is 2. The van der Waals surface area contributed by atoms with Crippen LogP contribution in [0.4, 0.5) is 11.8 Å². The van der Waals surface area contributed by atoms with E-state index in [4.69, 9.17) is 11.5 Å². The number of hydrogen-bond acceptors (Lipinski definition) is 6. The second-order valence-corrected chi connectivity index (χ2v) is 4.07. The van der Waals surface area contributed by atoms with Crippen molar-refractivity contribution in [3.63, 3.8) is 0 Å². The number of nitrogens with zero attached hydrogens (tertiary/aromatic N) is 4. The molecule has 2 heterocycles. The first-order valence-electron chi connectivity index (χ1n) is 5.46. The highest BCUT2D eigenvalue weighted by atomic mass is 15.3. The molecule has 1 aliphatic heterocycles. The summed E-state index contributed by atoms with van der Waals surface area (Å²) < 4.78 is 0. The molecule has 16 heavy (non-hydrogen) atoms. The van der Waals surface area contributed by atoms with Crippen LogP contribution in [0.3, 0.4) is 0 Å². The zero-order valence-corrected chi connectivity index (χ0v) is 9.56. The van der Waals surface area contributed by atoms with E-state index in [0.29, 0.717) is 12.5 Å². The highest BCUT2D eigenvalue weighted by Gasteiger charge is 2.16. The van der Waals surface area contributed by atoms with Crippen molar-refractivity contribution in [2.75, 3.05) is 43.9 Å². The van der Waals surface area contributed by atoms with Crippen molar-refractivity contribution in [3.05, 3.63) is 11.8 Å². The van der Waals surface area contributed by atoms with Gasteiger partial charge in [0, 0.05) is 38.8 Å². The lowest BCUT2D eigenvalue weighted by atomic mass is 10.3. The molecule has 0 bridgehead atoms. The lowest BCUT2D eigenvalue weighted by Crippen LogP contribution is -2.45. The van der Waals surface area contributed by atoms with Crippen LogP contribution >= 0.6 is 0 Å². The highest BCUT2D eigenvalue weighted by molar-refractivity contribution is 5.44. The lowest BCUT2D eigenvalue weighted by Gasteiger charge is -2.33. The van der Waals surface area contributed by atoms with Crippen molar-refractivity contribution in [3.8, 4) is 0 Å². The van der Waals surface area contributed by atoms with Crippen molar-refractivity contribution in [1.29, 1.82) is 0 Å². The van der Waals surface area contributed by atoms with Gasteiger partial charge in [-0.1, -0.05) is 0 Å².